The summed E-state index contributed by atoms with van der Waals surface area (Å²) in [5.74, 6) is 0.0935. The van der Waals surface area contributed by atoms with Gasteiger partial charge in [-0.1, -0.05) is 43.0 Å². The van der Waals surface area contributed by atoms with E-state index < -0.39 is 5.60 Å². The number of hydrogen-bond donors (Lipinski definition) is 0. The molecule has 0 unspecified atom stereocenters. The van der Waals surface area contributed by atoms with E-state index in [9.17, 15) is 4.79 Å². The van der Waals surface area contributed by atoms with Crippen LogP contribution in [-0.2, 0) is 4.74 Å². The summed E-state index contributed by atoms with van der Waals surface area (Å²) in [4.78, 5) is 12.8. The Labute approximate surface area is 120 Å². The normalized spacial score (nSPS) is 18.3. The fourth-order valence-corrected chi connectivity index (χ4v) is 3.01. The van der Waals surface area contributed by atoms with Crippen molar-refractivity contribution < 1.29 is 9.53 Å². The molecule has 0 amide bonds. The Morgan fingerprint density at radius 1 is 1.32 bits per heavy atom. The van der Waals surface area contributed by atoms with E-state index in [0.29, 0.717) is 17.2 Å². The molecule has 1 aliphatic rings. The van der Waals surface area contributed by atoms with E-state index >= 15 is 0 Å². The molecule has 0 heterocycles. The second kappa shape index (κ2) is 6.06. The van der Waals surface area contributed by atoms with Gasteiger partial charge in [0.05, 0.1) is 0 Å². The lowest BCUT2D eigenvalue weighted by Gasteiger charge is -2.35. The van der Waals surface area contributed by atoms with Crippen molar-refractivity contribution in [2.45, 2.75) is 51.6 Å². The average molecular weight is 281 g/mol. The van der Waals surface area contributed by atoms with Crippen LogP contribution in [0.1, 0.15) is 54.9 Å². The summed E-state index contributed by atoms with van der Waals surface area (Å²) in [6.45, 7) is 4.46. The van der Waals surface area contributed by atoms with Crippen molar-refractivity contribution >= 4 is 17.4 Å². The van der Waals surface area contributed by atoms with E-state index in [1.54, 1.807) is 6.07 Å². The number of carbonyl (C=O) groups excluding carboxylic acids is 1. The van der Waals surface area contributed by atoms with Crippen LogP contribution in [0.5, 0.6) is 0 Å². The zero-order valence-electron chi connectivity index (χ0n) is 11.7. The van der Waals surface area contributed by atoms with Crippen molar-refractivity contribution in [2.24, 2.45) is 0 Å². The molecule has 1 aromatic rings. The number of Topliss-reactive ketones (excluding diaryl/α,β-unsaturated/α-hetero) is 1. The molecule has 0 aromatic heterocycles. The van der Waals surface area contributed by atoms with Gasteiger partial charge in [-0.2, -0.15) is 0 Å². The van der Waals surface area contributed by atoms with Crippen molar-refractivity contribution in [3.8, 4) is 0 Å². The quantitative estimate of drug-likeness (QED) is 0.755. The highest BCUT2D eigenvalue weighted by molar-refractivity contribution is 6.31. The third-order valence-electron chi connectivity index (χ3n) is 3.93. The van der Waals surface area contributed by atoms with Gasteiger partial charge in [0.2, 0.25) is 0 Å². The molecule has 1 aliphatic carbocycles. The number of ether oxygens (including phenoxy) is 1. The first-order valence-corrected chi connectivity index (χ1v) is 7.42. The molecule has 0 bridgehead atoms. The lowest BCUT2D eigenvalue weighted by atomic mass is 9.79. The van der Waals surface area contributed by atoms with Crippen LogP contribution in [0.4, 0.5) is 0 Å². The molecule has 19 heavy (non-hydrogen) atoms. The number of ketones is 1. The molecular weight excluding hydrogens is 260 g/mol. The van der Waals surface area contributed by atoms with Crippen LogP contribution >= 0.6 is 11.6 Å². The lowest BCUT2D eigenvalue weighted by molar-refractivity contribution is -0.0411. The number of aryl methyl sites for hydroxylation is 1. The van der Waals surface area contributed by atoms with Gasteiger partial charge in [-0.05, 0) is 38.3 Å². The molecular formula is C16H21ClO2. The standard InChI is InChI=1S/C16H21ClO2/c1-3-19-16(9-5-4-6-10-16)15(18)13-8-7-12(2)14(17)11-13/h7-8,11H,3-6,9-10H2,1-2H3. The molecule has 2 nitrogen and oxygen atoms in total. The summed E-state index contributed by atoms with van der Waals surface area (Å²) in [5, 5.41) is 0.647. The van der Waals surface area contributed by atoms with E-state index in [4.69, 9.17) is 16.3 Å². The summed E-state index contributed by atoms with van der Waals surface area (Å²) in [6.07, 6.45) is 4.96. The molecule has 0 saturated heterocycles. The number of halogens is 1. The Morgan fingerprint density at radius 3 is 2.58 bits per heavy atom. The van der Waals surface area contributed by atoms with Crippen LogP contribution in [0.25, 0.3) is 0 Å². The van der Waals surface area contributed by atoms with Crippen LogP contribution in [0.3, 0.4) is 0 Å². The highest BCUT2D eigenvalue weighted by atomic mass is 35.5. The van der Waals surface area contributed by atoms with Gasteiger partial charge >= 0.3 is 0 Å². The Hall–Kier alpha value is -0.860. The molecule has 1 saturated carbocycles. The fourth-order valence-electron chi connectivity index (χ4n) is 2.83. The predicted molar refractivity (Wildman–Crippen MR) is 78.0 cm³/mol. The van der Waals surface area contributed by atoms with E-state index in [1.165, 1.54) is 6.42 Å². The van der Waals surface area contributed by atoms with Gasteiger partial charge in [-0.15, -0.1) is 0 Å². The summed E-state index contributed by atoms with van der Waals surface area (Å²) in [5.41, 5.74) is 1.05. The molecule has 0 N–H and O–H groups in total. The Kier molecular flexibility index (Phi) is 4.64. The second-order valence-electron chi connectivity index (χ2n) is 5.28. The summed E-state index contributed by atoms with van der Waals surface area (Å²) in [7, 11) is 0. The minimum atomic E-state index is -0.619. The third kappa shape index (κ3) is 3.01. The largest absolute Gasteiger partial charge is 0.367 e. The second-order valence-corrected chi connectivity index (χ2v) is 5.69. The molecule has 104 valence electrons. The first-order valence-electron chi connectivity index (χ1n) is 7.04. The molecule has 0 aliphatic heterocycles. The zero-order valence-corrected chi connectivity index (χ0v) is 12.4. The monoisotopic (exact) mass is 280 g/mol. The molecule has 0 atom stereocenters. The van der Waals surface area contributed by atoms with Crippen LogP contribution in [0, 0.1) is 6.92 Å². The van der Waals surface area contributed by atoms with Crippen LogP contribution < -0.4 is 0 Å². The minimum absolute atomic E-state index is 0.0935. The number of carbonyl (C=O) groups is 1. The van der Waals surface area contributed by atoms with Gasteiger partial charge < -0.3 is 4.74 Å². The Balaban J connectivity index is 2.30. The first-order chi connectivity index (χ1) is 9.09. The van der Waals surface area contributed by atoms with Gasteiger partial charge in [0.1, 0.15) is 5.60 Å². The average Bonchev–Trinajstić information content (AvgIpc) is 2.42. The van der Waals surface area contributed by atoms with Gasteiger partial charge in [0.15, 0.2) is 5.78 Å². The minimum Gasteiger partial charge on any atom is -0.367 e. The summed E-state index contributed by atoms with van der Waals surface area (Å²) >= 11 is 6.13. The van der Waals surface area contributed by atoms with Crippen molar-refractivity contribution in [1.82, 2.24) is 0 Å². The lowest BCUT2D eigenvalue weighted by Crippen LogP contribution is -2.43. The number of rotatable bonds is 4. The van der Waals surface area contributed by atoms with Crippen LogP contribution in [-0.4, -0.2) is 18.0 Å². The third-order valence-corrected chi connectivity index (χ3v) is 4.34. The highest BCUT2D eigenvalue weighted by Crippen LogP contribution is 2.35. The Morgan fingerprint density at radius 2 is 2.00 bits per heavy atom. The molecule has 1 fully saturated rings. The molecule has 1 aromatic carbocycles. The summed E-state index contributed by atoms with van der Waals surface area (Å²) < 4.78 is 5.86. The van der Waals surface area contributed by atoms with Crippen molar-refractivity contribution in [2.75, 3.05) is 6.61 Å². The molecule has 2 rings (SSSR count). The summed E-state index contributed by atoms with van der Waals surface area (Å²) in [6, 6.07) is 5.53. The smallest absolute Gasteiger partial charge is 0.194 e. The maximum atomic E-state index is 12.8. The van der Waals surface area contributed by atoms with Gasteiger partial charge in [0, 0.05) is 17.2 Å². The topological polar surface area (TPSA) is 26.3 Å². The number of benzene rings is 1. The van der Waals surface area contributed by atoms with Gasteiger partial charge in [0.25, 0.3) is 0 Å². The predicted octanol–water partition coefficient (Wildman–Crippen LogP) is 4.57. The first kappa shape index (κ1) is 14.5. The highest BCUT2D eigenvalue weighted by Gasteiger charge is 2.40. The number of hydrogen-bond acceptors (Lipinski definition) is 2. The molecule has 0 spiro atoms. The maximum absolute atomic E-state index is 12.8. The van der Waals surface area contributed by atoms with E-state index in [2.05, 4.69) is 0 Å². The maximum Gasteiger partial charge on any atom is 0.194 e. The van der Waals surface area contributed by atoms with Crippen molar-refractivity contribution in [3.05, 3.63) is 34.3 Å². The van der Waals surface area contributed by atoms with Crippen LogP contribution in [0.2, 0.25) is 5.02 Å². The molecule has 3 heteroatoms. The molecule has 0 radical (unpaired) electrons. The van der Waals surface area contributed by atoms with Crippen molar-refractivity contribution in [3.63, 3.8) is 0 Å². The zero-order chi connectivity index (χ0) is 13.9. The van der Waals surface area contributed by atoms with E-state index in [0.717, 1.165) is 31.2 Å². The Bertz CT molecular complexity index is 456. The van der Waals surface area contributed by atoms with Crippen molar-refractivity contribution in [1.29, 1.82) is 0 Å². The van der Waals surface area contributed by atoms with Gasteiger partial charge in [-0.3, -0.25) is 4.79 Å². The van der Waals surface area contributed by atoms with E-state index in [1.807, 2.05) is 26.0 Å². The fraction of sp³-hybridized carbons (Fsp3) is 0.562. The van der Waals surface area contributed by atoms with E-state index in [-0.39, 0.29) is 5.78 Å². The van der Waals surface area contributed by atoms with Gasteiger partial charge in [-0.25, -0.2) is 0 Å². The SMILES string of the molecule is CCOC1(C(=O)c2ccc(C)c(Cl)c2)CCCCC1. The van der Waals surface area contributed by atoms with Crippen LogP contribution in [0.15, 0.2) is 18.2 Å².